The number of rotatable bonds is 3. The first-order chi connectivity index (χ1) is 9.26. The van der Waals surface area contributed by atoms with Crippen LogP contribution in [0.3, 0.4) is 0 Å². The molecule has 2 aromatic rings. The number of benzene rings is 1. The number of H-pyrrole nitrogens is 1. The van der Waals surface area contributed by atoms with Crippen molar-refractivity contribution in [2.45, 2.75) is 12.8 Å². The molecule has 1 aliphatic heterocycles. The van der Waals surface area contributed by atoms with Gasteiger partial charge in [-0.05, 0) is 24.1 Å². The van der Waals surface area contributed by atoms with Crippen molar-refractivity contribution in [1.82, 2.24) is 14.9 Å². The minimum Gasteiger partial charge on any atom is -0.345 e. The molecule has 0 saturated carbocycles. The van der Waals surface area contributed by atoms with Crippen LogP contribution in [0.15, 0.2) is 24.5 Å². The largest absolute Gasteiger partial charge is 0.345 e. The highest BCUT2D eigenvalue weighted by Crippen LogP contribution is 2.18. The minimum atomic E-state index is 0.0857. The molecule has 4 nitrogen and oxygen atoms in total. The highest BCUT2D eigenvalue weighted by Gasteiger charge is 2.27. The summed E-state index contributed by atoms with van der Waals surface area (Å²) in [5, 5.41) is 0. The van der Waals surface area contributed by atoms with E-state index < -0.39 is 0 Å². The van der Waals surface area contributed by atoms with Gasteiger partial charge in [0.1, 0.15) is 0 Å². The molecule has 2 heterocycles. The Bertz CT molecular complexity index is 653. The molecule has 1 fully saturated rings. The molecule has 1 N–H and O–H groups in total. The number of hydrogen-bond donors (Lipinski definition) is 1. The highest BCUT2D eigenvalue weighted by molar-refractivity contribution is 5.79. The maximum atomic E-state index is 11.8. The summed E-state index contributed by atoms with van der Waals surface area (Å²) in [6.45, 7) is 1.43. The third kappa shape index (κ3) is 2.32. The number of imidazole rings is 1. The maximum absolute atomic E-state index is 11.8. The van der Waals surface area contributed by atoms with Crippen LogP contribution in [-0.2, 0) is 11.2 Å². The Kier molecular flexibility index (Phi) is 2.96. The van der Waals surface area contributed by atoms with Crippen molar-refractivity contribution >= 4 is 16.9 Å². The fourth-order valence-electron chi connectivity index (χ4n) is 2.50. The molecule has 1 aromatic heterocycles. The second-order valence-electron chi connectivity index (χ2n) is 4.91. The van der Waals surface area contributed by atoms with Gasteiger partial charge in [0.2, 0.25) is 5.91 Å². The minimum absolute atomic E-state index is 0.0857. The lowest BCUT2D eigenvalue weighted by atomic mass is 10.1. The van der Waals surface area contributed by atoms with E-state index in [4.69, 9.17) is 6.42 Å². The molecule has 0 bridgehead atoms. The predicted octanol–water partition coefficient (Wildman–Crippen LogP) is 1.59. The molecule has 1 unspecified atom stereocenters. The molecule has 0 spiro atoms. The number of carbonyl (C=O) groups is 1. The van der Waals surface area contributed by atoms with E-state index >= 15 is 0 Å². The summed E-state index contributed by atoms with van der Waals surface area (Å²) in [6, 6.07) is 6.14. The van der Waals surface area contributed by atoms with E-state index in [2.05, 4.69) is 28.0 Å². The first-order valence-corrected chi connectivity index (χ1v) is 6.42. The normalized spacial score (nSPS) is 19.0. The van der Waals surface area contributed by atoms with Gasteiger partial charge in [0, 0.05) is 25.4 Å². The zero-order valence-corrected chi connectivity index (χ0v) is 10.6. The van der Waals surface area contributed by atoms with Crippen molar-refractivity contribution in [3.05, 3.63) is 30.1 Å². The molecule has 96 valence electrons. The lowest BCUT2D eigenvalue weighted by molar-refractivity contribution is -0.127. The molecule has 1 amide bonds. The zero-order chi connectivity index (χ0) is 13.2. The third-order valence-corrected chi connectivity index (χ3v) is 3.61. The van der Waals surface area contributed by atoms with Gasteiger partial charge >= 0.3 is 0 Å². The zero-order valence-electron chi connectivity index (χ0n) is 10.6. The number of nitrogens with zero attached hydrogens (tertiary/aromatic N) is 2. The number of aromatic amines is 1. The van der Waals surface area contributed by atoms with Gasteiger partial charge in [-0.1, -0.05) is 6.07 Å². The monoisotopic (exact) mass is 253 g/mol. The Balaban J connectivity index is 1.66. The summed E-state index contributed by atoms with van der Waals surface area (Å²) in [5.74, 6) is 2.92. The average Bonchev–Trinajstić information content (AvgIpc) is 3.02. The summed E-state index contributed by atoms with van der Waals surface area (Å²) in [4.78, 5) is 20.9. The Morgan fingerprint density at radius 1 is 1.53 bits per heavy atom. The van der Waals surface area contributed by atoms with Crippen molar-refractivity contribution in [2.75, 3.05) is 13.1 Å². The third-order valence-electron chi connectivity index (χ3n) is 3.61. The van der Waals surface area contributed by atoms with E-state index in [0.717, 1.165) is 24.0 Å². The molecular formula is C15H15N3O. The second kappa shape index (κ2) is 4.77. The van der Waals surface area contributed by atoms with E-state index in [-0.39, 0.29) is 11.8 Å². The Hall–Kier alpha value is -2.28. The lowest BCUT2D eigenvalue weighted by Gasteiger charge is -2.15. The molecule has 3 rings (SSSR count). The first-order valence-electron chi connectivity index (χ1n) is 6.42. The van der Waals surface area contributed by atoms with Crippen molar-refractivity contribution in [2.24, 2.45) is 5.92 Å². The molecule has 1 saturated heterocycles. The standard InChI is InChI=1S/C15H15N3O/c1-2-11-8-15(19)18(9-11)6-5-12-3-4-13-14(7-12)17-10-16-13/h1,3-4,7,10-11H,5-6,8-9H2,(H,16,17). The Labute approximate surface area is 111 Å². The molecule has 0 radical (unpaired) electrons. The highest BCUT2D eigenvalue weighted by atomic mass is 16.2. The summed E-state index contributed by atoms with van der Waals surface area (Å²) in [6.07, 6.45) is 8.41. The average molecular weight is 253 g/mol. The van der Waals surface area contributed by atoms with Crippen molar-refractivity contribution in [1.29, 1.82) is 0 Å². The number of nitrogens with one attached hydrogen (secondary N) is 1. The van der Waals surface area contributed by atoms with E-state index in [1.54, 1.807) is 6.33 Å². The molecule has 1 aliphatic rings. The van der Waals surface area contributed by atoms with Crippen LogP contribution in [0.4, 0.5) is 0 Å². The molecule has 1 aromatic carbocycles. The fourth-order valence-corrected chi connectivity index (χ4v) is 2.50. The first kappa shape index (κ1) is 11.8. The van der Waals surface area contributed by atoms with Gasteiger partial charge in [-0.2, -0.15) is 0 Å². The summed E-state index contributed by atoms with van der Waals surface area (Å²) in [5.41, 5.74) is 3.20. The lowest BCUT2D eigenvalue weighted by Crippen LogP contribution is -2.27. The van der Waals surface area contributed by atoms with Crippen LogP contribution < -0.4 is 0 Å². The van der Waals surface area contributed by atoms with Crippen LogP contribution in [0, 0.1) is 18.3 Å². The summed E-state index contributed by atoms with van der Waals surface area (Å²) >= 11 is 0. The SMILES string of the molecule is C#CC1CC(=O)N(CCc2ccc3nc[nH]c3c2)C1. The van der Waals surface area contributed by atoms with Crippen molar-refractivity contribution < 1.29 is 4.79 Å². The van der Waals surface area contributed by atoms with Gasteiger partial charge in [0.15, 0.2) is 0 Å². The molecule has 0 aliphatic carbocycles. The Morgan fingerprint density at radius 2 is 2.42 bits per heavy atom. The number of likely N-dealkylation sites (tertiary alicyclic amines) is 1. The fraction of sp³-hybridized carbons (Fsp3) is 0.333. The van der Waals surface area contributed by atoms with Crippen LogP contribution in [0.1, 0.15) is 12.0 Å². The van der Waals surface area contributed by atoms with E-state index in [1.165, 1.54) is 5.56 Å². The van der Waals surface area contributed by atoms with Crippen molar-refractivity contribution in [3.63, 3.8) is 0 Å². The van der Waals surface area contributed by atoms with Crippen LogP contribution in [-0.4, -0.2) is 33.9 Å². The maximum Gasteiger partial charge on any atom is 0.223 e. The quantitative estimate of drug-likeness (QED) is 0.844. The van der Waals surface area contributed by atoms with Crippen molar-refractivity contribution in [3.8, 4) is 12.3 Å². The number of aromatic nitrogens is 2. The number of hydrogen-bond acceptors (Lipinski definition) is 2. The Morgan fingerprint density at radius 3 is 3.21 bits per heavy atom. The van der Waals surface area contributed by atoms with Crippen LogP contribution >= 0.6 is 0 Å². The molecule has 4 heteroatoms. The molecule has 1 atom stereocenters. The van der Waals surface area contributed by atoms with E-state index in [0.29, 0.717) is 13.0 Å². The smallest absolute Gasteiger partial charge is 0.223 e. The summed E-state index contributed by atoms with van der Waals surface area (Å²) < 4.78 is 0. The van der Waals surface area contributed by atoms with Crippen LogP contribution in [0.25, 0.3) is 11.0 Å². The predicted molar refractivity (Wildman–Crippen MR) is 73.3 cm³/mol. The number of amides is 1. The van der Waals surface area contributed by atoms with Gasteiger partial charge in [0.25, 0.3) is 0 Å². The van der Waals surface area contributed by atoms with Gasteiger partial charge < -0.3 is 9.88 Å². The van der Waals surface area contributed by atoms with Gasteiger partial charge in [-0.3, -0.25) is 4.79 Å². The topological polar surface area (TPSA) is 49.0 Å². The van der Waals surface area contributed by atoms with Crippen LogP contribution in [0.2, 0.25) is 0 Å². The second-order valence-corrected chi connectivity index (χ2v) is 4.91. The van der Waals surface area contributed by atoms with Crippen LogP contribution in [0.5, 0.6) is 0 Å². The van der Waals surface area contributed by atoms with E-state index in [9.17, 15) is 4.79 Å². The summed E-state index contributed by atoms with van der Waals surface area (Å²) in [7, 11) is 0. The number of carbonyl (C=O) groups excluding carboxylic acids is 1. The molecular weight excluding hydrogens is 238 g/mol. The van der Waals surface area contributed by atoms with Gasteiger partial charge in [-0.25, -0.2) is 4.98 Å². The number of fused-ring (bicyclic) bond motifs is 1. The van der Waals surface area contributed by atoms with Gasteiger partial charge in [0.05, 0.1) is 17.4 Å². The molecule has 19 heavy (non-hydrogen) atoms. The number of terminal acetylenes is 1. The van der Waals surface area contributed by atoms with Gasteiger partial charge in [-0.15, -0.1) is 12.3 Å². The van der Waals surface area contributed by atoms with E-state index in [1.807, 2.05) is 11.0 Å².